The van der Waals surface area contributed by atoms with Crippen molar-refractivity contribution in [1.29, 1.82) is 0 Å². The average Bonchev–Trinajstić information content (AvgIpc) is 2.45. The van der Waals surface area contributed by atoms with Crippen molar-refractivity contribution in [1.82, 2.24) is 4.90 Å². The largest absolute Gasteiger partial charge is 0.496 e. The maximum atomic E-state index is 14.1. The Morgan fingerprint density at radius 2 is 2.10 bits per heavy atom. The Labute approximate surface area is 126 Å². The molecule has 1 rings (SSSR count). The first kappa shape index (κ1) is 17.4. The smallest absolute Gasteiger partial charge is 0.260 e. The summed E-state index contributed by atoms with van der Waals surface area (Å²) >= 11 is 0. The molecule has 5 heteroatoms. The Bertz CT molecular complexity index is 489. The van der Waals surface area contributed by atoms with Gasteiger partial charge in [0.15, 0.2) is 0 Å². The van der Waals surface area contributed by atoms with Crippen molar-refractivity contribution in [3.63, 3.8) is 0 Å². The second-order valence-electron chi connectivity index (χ2n) is 5.91. The van der Waals surface area contributed by atoms with Crippen molar-refractivity contribution < 1.29 is 13.9 Å². The van der Waals surface area contributed by atoms with Crippen LogP contribution in [0.2, 0.25) is 0 Å². The second kappa shape index (κ2) is 7.41. The zero-order valence-electron chi connectivity index (χ0n) is 13.3. The van der Waals surface area contributed by atoms with E-state index in [1.807, 2.05) is 20.8 Å². The maximum Gasteiger partial charge on any atom is 0.260 e. The number of carbonyl (C=O) groups excluding carboxylic acids is 1. The Hall–Kier alpha value is -1.62. The first-order valence-electron chi connectivity index (χ1n) is 7.18. The van der Waals surface area contributed by atoms with Crippen molar-refractivity contribution in [2.75, 3.05) is 26.7 Å². The van der Waals surface area contributed by atoms with Gasteiger partial charge in [-0.3, -0.25) is 4.79 Å². The number of nitrogens with two attached hydrogens (primary N) is 1. The number of methoxy groups -OCH3 is 1. The molecule has 0 aliphatic carbocycles. The zero-order valence-corrected chi connectivity index (χ0v) is 13.3. The van der Waals surface area contributed by atoms with Crippen LogP contribution >= 0.6 is 0 Å². The Kier molecular flexibility index (Phi) is 6.15. The standard InChI is InChI=1S/C16H25FN2O2/c1-5-9-19(11-16(2,3)10-18)15(20)14-12(17)7-6-8-13(14)21-4/h6-8H,5,9-11,18H2,1-4H3. The molecule has 1 amide bonds. The molecule has 21 heavy (non-hydrogen) atoms. The Balaban J connectivity index is 3.12. The highest BCUT2D eigenvalue weighted by atomic mass is 19.1. The first-order chi connectivity index (χ1) is 9.86. The van der Waals surface area contributed by atoms with Crippen molar-refractivity contribution in [2.45, 2.75) is 27.2 Å². The van der Waals surface area contributed by atoms with Crippen LogP contribution < -0.4 is 10.5 Å². The van der Waals surface area contributed by atoms with E-state index in [4.69, 9.17) is 10.5 Å². The lowest BCUT2D eigenvalue weighted by Crippen LogP contribution is -2.42. The molecule has 0 bridgehead atoms. The summed E-state index contributed by atoms with van der Waals surface area (Å²) in [5.41, 5.74) is 5.51. The minimum atomic E-state index is -0.564. The van der Waals surface area contributed by atoms with E-state index in [-0.39, 0.29) is 22.6 Å². The van der Waals surface area contributed by atoms with Crippen LogP contribution in [-0.2, 0) is 0 Å². The van der Waals surface area contributed by atoms with Crippen molar-refractivity contribution in [3.8, 4) is 5.75 Å². The number of nitrogens with zero attached hydrogens (tertiary/aromatic N) is 1. The van der Waals surface area contributed by atoms with E-state index in [9.17, 15) is 9.18 Å². The van der Waals surface area contributed by atoms with Crippen molar-refractivity contribution in [2.24, 2.45) is 11.1 Å². The predicted octanol–water partition coefficient (Wildman–Crippen LogP) is 2.67. The average molecular weight is 296 g/mol. The molecule has 0 fully saturated rings. The molecule has 0 unspecified atom stereocenters. The zero-order chi connectivity index (χ0) is 16.0. The Morgan fingerprint density at radius 1 is 1.43 bits per heavy atom. The lowest BCUT2D eigenvalue weighted by atomic mass is 9.92. The molecule has 1 aromatic rings. The molecule has 0 atom stereocenters. The number of ether oxygens (including phenoxy) is 1. The molecule has 0 aliphatic rings. The molecule has 0 saturated carbocycles. The third-order valence-corrected chi connectivity index (χ3v) is 3.36. The van der Waals surface area contributed by atoms with Gasteiger partial charge in [-0.25, -0.2) is 4.39 Å². The van der Waals surface area contributed by atoms with Gasteiger partial charge in [0.1, 0.15) is 17.1 Å². The molecule has 2 N–H and O–H groups in total. The SMILES string of the molecule is CCCN(CC(C)(C)CN)C(=O)c1c(F)cccc1OC. The molecule has 0 spiro atoms. The molecule has 0 heterocycles. The van der Waals surface area contributed by atoms with Crippen molar-refractivity contribution in [3.05, 3.63) is 29.6 Å². The number of hydrogen-bond acceptors (Lipinski definition) is 3. The van der Waals surface area contributed by atoms with Crippen LogP contribution in [0.3, 0.4) is 0 Å². The maximum absolute atomic E-state index is 14.1. The molecule has 118 valence electrons. The van der Waals surface area contributed by atoms with Gasteiger partial charge in [0.25, 0.3) is 5.91 Å². The lowest BCUT2D eigenvalue weighted by Gasteiger charge is -2.32. The third-order valence-electron chi connectivity index (χ3n) is 3.36. The molecular weight excluding hydrogens is 271 g/mol. The van der Waals surface area contributed by atoms with Gasteiger partial charge in [-0.2, -0.15) is 0 Å². The number of hydrogen-bond donors (Lipinski definition) is 1. The summed E-state index contributed by atoms with van der Waals surface area (Å²) in [4.78, 5) is 14.3. The van der Waals surface area contributed by atoms with E-state index in [1.54, 1.807) is 11.0 Å². The highest BCUT2D eigenvalue weighted by molar-refractivity contribution is 5.97. The summed E-state index contributed by atoms with van der Waals surface area (Å²) in [6, 6.07) is 4.39. The molecular formula is C16H25FN2O2. The summed E-state index contributed by atoms with van der Waals surface area (Å²) in [5.74, 6) is -0.661. The van der Waals surface area contributed by atoms with Gasteiger partial charge in [-0.05, 0) is 30.5 Å². The molecule has 0 saturated heterocycles. The van der Waals surface area contributed by atoms with Crippen molar-refractivity contribution >= 4 is 5.91 Å². The molecule has 4 nitrogen and oxygen atoms in total. The van der Waals surface area contributed by atoms with Gasteiger partial charge >= 0.3 is 0 Å². The van der Waals surface area contributed by atoms with E-state index in [1.165, 1.54) is 19.2 Å². The molecule has 0 radical (unpaired) electrons. The summed E-state index contributed by atoms with van der Waals surface area (Å²) < 4.78 is 19.2. The highest BCUT2D eigenvalue weighted by Gasteiger charge is 2.27. The monoisotopic (exact) mass is 296 g/mol. The normalized spacial score (nSPS) is 11.3. The van der Waals surface area contributed by atoms with Crippen LogP contribution in [0.1, 0.15) is 37.6 Å². The van der Waals surface area contributed by atoms with Crippen LogP contribution in [0, 0.1) is 11.2 Å². The topological polar surface area (TPSA) is 55.6 Å². The van der Waals surface area contributed by atoms with Gasteiger partial charge in [-0.15, -0.1) is 0 Å². The van der Waals surface area contributed by atoms with Crippen LogP contribution in [0.5, 0.6) is 5.75 Å². The highest BCUT2D eigenvalue weighted by Crippen LogP contribution is 2.25. The number of halogens is 1. The fourth-order valence-electron chi connectivity index (χ4n) is 2.14. The molecule has 0 aliphatic heterocycles. The van der Waals surface area contributed by atoms with Crippen LogP contribution in [-0.4, -0.2) is 37.6 Å². The Morgan fingerprint density at radius 3 is 2.62 bits per heavy atom. The minimum Gasteiger partial charge on any atom is -0.496 e. The third kappa shape index (κ3) is 4.43. The number of rotatable bonds is 7. The summed E-state index contributed by atoms with van der Waals surface area (Å²) in [6.07, 6.45) is 0.795. The molecule has 1 aromatic carbocycles. The van der Waals surface area contributed by atoms with Gasteiger partial charge in [0.2, 0.25) is 0 Å². The van der Waals surface area contributed by atoms with Gasteiger partial charge in [0, 0.05) is 13.1 Å². The van der Waals surface area contributed by atoms with E-state index in [0.717, 1.165) is 6.42 Å². The van der Waals surface area contributed by atoms with E-state index in [0.29, 0.717) is 19.6 Å². The van der Waals surface area contributed by atoms with Gasteiger partial charge in [0.05, 0.1) is 7.11 Å². The predicted molar refractivity (Wildman–Crippen MR) is 82.0 cm³/mol. The van der Waals surface area contributed by atoms with E-state index < -0.39 is 5.82 Å². The van der Waals surface area contributed by atoms with Crippen LogP contribution in [0.25, 0.3) is 0 Å². The second-order valence-corrected chi connectivity index (χ2v) is 5.91. The fourth-order valence-corrected chi connectivity index (χ4v) is 2.14. The molecule has 0 aromatic heterocycles. The lowest BCUT2D eigenvalue weighted by molar-refractivity contribution is 0.0681. The van der Waals surface area contributed by atoms with Crippen LogP contribution in [0.15, 0.2) is 18.2 Å². The van der Waals surface area contributed by atoms with Gasteiger partial charge < -0.3 is 15.4 Å². The number of amides is 1. The minimum absolute atomic E-state index is 0.0127. The summed E-state index contributed by atoms with van der Waals surface area (Å²) in [6.45, 7) is 7.44. The van der Waals surface area contributed by atoms with Gasteiger partial charge in [-0.1, -0.05) is 26.8 Å². The first-order valence-corrected chi connectivity index (χ1v) is 7.18. The number of carbonyl (C=O) groups is 1. The van der Waals surface area contributed by atoms with E-state index in [2.05, 4.69) is 0 Å². The summed E-state index contributed by atoms with van der Waals surface area (Å²) in [7, 11) is 1.43. The van der Waals surface area contributed by atoms with E-state index >= 15 is 0 Å². The quantitative estimate of drug-likeness (QED) is 0.841. The fraction of sp³-hybridized carbons (Fsp3) is 0.562. The summed E-state index contributed by atoms with van der Waals surface area (Å²) in [5, 5.41) is 0. The number of benzene rings is 1. The van der Waals surface area contributed by atoms with Crippen LogP contribution in [0.4, 0.5) is 4.39 Å².